The zero-order valence-electron chi connectivity index (χ0n) is 23.2. The summed E-state index contributed by atoms with van der Waals surface area (Å²) in [7, 11) is 2.23. The van der Waals surface area contributed by atoms with Gasteiger partial charge in [-0.3, -0.25) is 4.40 Å². The lowest BCUT2D eigenvalue weighted by atomic mass is 9.81. The number of rotatable bonds is 5. The molecule has 40 heavy (non-hydrogen) atoms. The molecule has 0 atom stereocenters. The van der Waals surface area contributed by atoms with E-state index in [0.717, 1.165) is 50.7 Å². The van der Waals surface area contributed by atoms with Gasteiger partial charge < -0.3 is 15.5 Å². The maximum Gasteiger partial charge on any atom is 0.150 e. The number of fused-ring (bicyclic) bond motifs is 2. The van der Waals surface area contributed by atoms with Crippen LogP contribution in [0.4, 0.5) is 5.82 Å². The minimum absolute atomic E-state index is 0.426. The van der Waals surface area contributed by atoms with Crippen LogP contribution >= 0.6 is 0 Å². The minimum Gasteiger partial charge on any atom is -0.382 e. The second kappa shape index (κ2) is 10.6. The molecule has 0 amide bonds. The van der Waals surface area contributed by atoms with Gasteiger partial charge in [0.1, 0.15) is 22.9 Å². The second-order valence-electron chi connectivity index (χ2n) is 11.6. The molecule has 7 nitrogen and oxygen atoms in total. The van der Waals surface area contributed by atoms with Crippen LogP contribution in [0.3, 0.4) is 0 Å². The van der Waals surface area contributed by atoms with Crippen molar-refractivity contribution in [1.82, 2.24) is 29.2 Å². The van der Waals surface area contributed by atoms with E-state index in [4.69, 9.17) is 15.7 Å². The van der Waals surface area contributed by atoms with Gasteiger partial charge in [-0.25, -0.2) is 15.0 Å². The molecule has 7 rings (SSSR count). The van der Waals surface area contributed by atoms with E-state index in [-0.39, 0.29) is 0 Å². The van der Waals surface area contributed by atoms with Crippen LogP contribution in [0, 0.1) is 5.92 Å². The van der Waals surface area contributed by atoms with Crippen LogP contribution in [-0.2, 0) is 0 Å². The van der Waals surface area contributed by atoms with Gasteiger partial charge in [0.25, 0.3) is 0 Å². The highest BCUT2D eigenvalue weighted by Gasteiger charge is 2.29. The maximum atomic E-state index is 6.49. The summed E-state index contributed by atoms with van der Waals surface area (Å²) in [6.45, 7) is 6.01. The van der Waals surface area contributed by atoms with Gasteiger partial charge in [-0.1, -0.05) is 48.5 Å². The predicted molar refractivity (Wildman–Crippen MR) is 162 cm³/mol. The number of benzene rings is 2. The van der Waals surface area contributed by atoms with Gasteiger partial charge in [0.2, 0.25) is 0 Å². The molecule has 0 spiro atoms. The molecule has 0 radical (unpaired) electrons. The highest BCUT2D eigenvalue weighted by molar-refractivity contribution is 5.91. The number of aromatic nitrogens is 4. The number of pyridine rings is 1. The van der Waals surface area contributed by atoms with Crippen molar-refractivity contribution in [3.05, 3.63) is 78.9 Å². The van der Waals surface area contributed by atoms with Gasteiger partial charge in [0.05, 0.1) is 11.2 Å². The van der Waals surface area contributed by atoms with Crippen LogP contribution in [0.1, 0.15) is 37.4 Å². The molecule has 1 saturated heterocycles. The van der Waals surface area contributed by atoms with E-state index in [1.807, 2.05) is 24.4 Å². The van der Waals surface area contributed by atoms with Gasteiger partial charge in [0.15, 0.2) is 0 Å². The first-order valence-electron chi connectivity index (χ1n) is 14.6. The van der Waals surface area contributed by atoms with Crippen molar-refractivity contribution in [2.24, 2.45) is 5.92 Å². The smallest absolute Gasteiger partial charge is 0.150 e. The van der Waals surface area contributed by atoms with Crippen LogP contribution in [0.15, 0.2) is 73.1 Å². The molecule has 1 aliphatic carbocycles. The number of imidazole rings is 1. The predicted octanol–water partition coefficient (Wildman–Crippen LogP) is 5.71. The number of hydrogen-bond acceptors (Lipinski definition) is 6. The van der Waals surface area contributed by atoms with E-state index in [2.05, 4.69) is 68.7 Å². The fourth-order valence-corrected chi connectivity index (χ4v) is 6.61. The van der Waals surface area contributed by atoms with Crippen molar-refractivity contribution in [1.29, 1.82) is 0 Å². The molecule has 3 aromatic heterocycles. The number of likely N-dealkylation sites (N-methyl/N-ethyl adjacent to an activating group) is 1. The molecular formula is C33H37N7. The van der Waals surface area contributed by atoms with Crippen LogP contribution < -0.4 is 5.73 Å². The molecule has 2 N–H and O–H groups in total. The van der Waals surface area contributed by atoms with Gasteiger partial charge >= 0.3 is 0 Å². The summed E-state index contributed by atoms with van der Waals surface area (Å²) in [5.74, 6) is 2.84. The molecule has 1 saturated carbocycles. The van der Waals surface area contributed by atoms with E-state index < -0.39 is 0 Å². The van der Waals surface area contributed by atoms with Crippen molar-refractivity contribution >= 4 is 22.2 Å². The Bertz CT molecular complexity index is 1630. The monoisotopic (exact) mass is 531 g/mol. The third-order valence-corrected chi connectivity index (χ3v) is 8.97. The summed E-state index contributed by atoms with van der Waals surface area (Å²) >= 11 is 0. The number of nitrogen functional groups attached to an aromatic ring is 1. The van der Waals surface area contributed by atoms with Crippen molar-refractivity contribution < 1.29 is 0 Å². The number of nitrogens with zero attached hydrogens (tertiary/aromatic N) is 6. The number of piperazine rings is 1. The summed E-state index contributed by atoms with van der Waals surface area (Å²) in [6.07, 6.45) is 8.66. The Kier molecular flexibility index (Phi) is 6.69. The molecule has 2 aromatic carbocycles. The van der Waals surface area contributed by atoms with Crippen molar-refractivity contribution in [2.75, 3.05) is 45.5 Å². The van der Waals surface area contributed by atoms with E-state index in [1.54, 1.807) is 6.20 Å². The minimum atomic E-state index is 0.426. The van der Waals surface area contributed by atoms with Gasteiger partial charge in [-0.05, 0) is 50.8 Å². The molecule has 0 unspecified atom stereocenters. The Morgan fingerprint density at radius 3 is 2.42 bits per heavy atom. The Hall–Kier alpha value is -3.81. The molecule has 4 heterocycles. The van der Waals surface area contributed by atoms with Gasteiger partial charge in [-0.2, -0.15) is 0 Å². The fraction of sp³-hybridized carbons (Fsp3) is 0.364. The number of anilines is 1. The zero-order chi connectivity index (χ0) is 27.1. The molecule has 7 heteroatoms. The van der Waals surface area contributed by atoms with E-state index in [0.29, 0.717) is 11.7 Å². The summed E-state index contributed by atoms with van der Waals surface area (Å²) in [4.78, 5) is 19.8. The normalized spacial score (nSPS) is 20.8. The first kappa shape index (κ1) is 25.2. The third kappa shape index (κ3) is 4.84. The zero-order valence-corrected chi connectivity index (χ0v) is 23.2. The Morgan fingerprint density at radius 1 is 0.850 bits per heavy atom. The van der Waals surface area contributed by atoms with Crippen LogP contribution in [0.5, 0.6) is 0 Å². The Labute approximate surface area is 235 Å². The molecular weight excluding hydrogens is 494 g/mol. The first-order valence-corrected chi connectivity index (χ1v) is 14.6. The van der Waals surface area contributed by atoms with Crippen LogP contribution in [0.2, 0.25) is 0 Å². The molecule has 2 fully saturated rings. The molecule has 0 bridgehead atoms. The van der Waals surface area contributed by atoms with Crippen LogP contribution in [-0.4, -0.2) is 68.9 Å². The third-order valence-electron chi connectivity index (χ3n) is 8.97. The highest BCUT2D eigenvalue weighted by atomic mass is 15.2. The summed E-state index contributed by atoms with van der Waals surface area (Å²) in [6, 6.07) is 21.0. The largest absolute Gasteiger partial charge is 0.382 e. The standard InChI is InChI=1S/C33H37N7/c1-38-17-19-39(20-18-38)22-23-7-9-26(10-8-23)33-37-30(31-32(34)35-15-16-40(31)33)27-12-11-25-13-14-28(36-29(25)21-27)24-5-3-2-4-6-24/h2-6,11-16,21,23,26H,7-10,17-20,22H2,1H3,(H2,34,35)/t23-,26-. The maximum absolute atomic E-state index is 6.49. The average Bonchev–Trinajstić information content (AvgIpc) is 3.40. The second-order valence-corrected chi connectivity index (χ2v) is 11.6. The van der Waals surface area contributed by atoms with Crippen molar-refractivity contribution in [2.45, 2.75) is 31.6 Å². The Balaban J connectivity index is 1.18. The number of nitrogens with two attached hydrogens (primary N) is 1. The lowest BCUT2D eigenvalue weighted by molar-refractivity contribution is 0.123. The molecule has 204 valence electrons. The van der Waals surface area contributed by atoms with Gasteiger partial charge in [0, 0.05) is 67.5 Å². The van der Waals surface area contributed by atoms with Crippen LogP contribution in [0.25, 0.3) is 38.9 Å². The summed E-state index contributed by atoms with van der Waals surface area (Å²) in [5, 5.41) is 1.11. The van der Waals surface area contributed by atoms with E-state index in [1.165, 1.54) is 58.4 Å². The average molecular weight is 532 g/mol. The van der Waals surface area contributed by atoms with Gasteiger partial charge in [-0.15, -0.1) is 0 Å². The van der Waals surface area contributed by atoms with E-state index >= 15 is 0 Å². The summed E-state index contributed by atoms with van der Waals surface area (Å²) < 4.78 is 2.20. The Morgan fingerprint density at radius 2 is 1.62 bits per heavy atom. The molecule has 2 aliphatic rings. The SMILES string of the molecule is CN1CCN(C[C@H]2CC[C@H](c3nc(-c4ccc5ccc(-c6ccccc6)nc5c4)c4c(N)nccn43)CC2)CC1. The lowest BCUT2D eigenvalue weighted by Gasteiger charge is -2.36. The molecule has 1 aliphatic heterocycles. The van der Waals surface area contributed by atoms with Crippen molar-refractivity contribution in [3.8, 4) is 22.5 Å². The summed E-state index contributed by atoms with van der Waals surface area (Å²) in [5.41, 5.74) is 12.3. The molecule has 5 aromatic rings. The lowest BCUT2D eigenvalue weighted by Crippen LogP contribution is -2.46. The quantitative estimate of drug-likeness (QED) is 0.313. The highest BCUT2D eigenvalue weighted by Crippen LogP contribution is 2.39. The van der Waals surface area contributed by atoms with Crippen molar-refractivity contribution in [3.63, 3.8) is 0 Å². The number of hydrogen-bond donors (Lipinski definition) is 1. The van der Waals surface area contributed by atoms with E-state index in [9.17, 15) is 0 Å². The topological polar surface area (TPSA) is 75.6 Å². The fourth-order valence-electron chi connectivity index (χ4n) is 6.61. The first-order chi connectivity index (χ1) is 19.6.